The van der Waals surface area contributed by atoms with Gasteiger partial charge in [0.15, 0.2) is 0 Å². The molecule has 4 rings (SSSR count). The number of carbonyl (C=O) groups excluding carboxylic acids is 1. The van der Waals surface area contributed by atoms with Crippen LogP contribution in [0.3, 0.4) is 0 Å². The number of piperazine rings is 1. The Labute approximate surface area is 172 Å². The molecule has 5 nitrogen and oxygen atoms in total. The van der Waals surface area contributed by atoms with Crippen LogP contribution in [-0.2, 0) is 4.74 Å². The van der Waals surface area contributed by atoms with Gasteiger partial charge in [-0.25, -0.2) is 4.79 Å². The first-order valence-electron chi connectivity index (χ1n) is 9.18. The second kappa shape index (κ2) is 6.52. The molecule has 0 N–H and O–H groups in total. The minimum Gasteiger partial charge on any atom is -0.444 e. The number of ether oxygens (including phenoxy) is 1. The molecule has 1 saturated carbocycles. The fourth-order valence-electron chi connectivity index (χ4n) is 3.79. The van der Waals surface area contributed by atoms with Gasteiger partial charge in [0, 0.05) is 35.7 Å². The van der Waals surface area contributed by atoms with E-state index in [2.05, 4.69) is 31.9 Å². The van der Waals surface area contributed by atoms with Gasteiger partial charge >= 0.3 is 6.09 Å². The van der Waals surface area contributed by atoms with Gasteiger partial charge in [-0.15, -0.1) is 0 Å². The maximum absolute atomic E-state index is 12.7. The molecule has 2 aliphatic rings. The van der Waals surface area contributed by atoms with Gasteiger partial charge in [0.2, 0.25) is 0 Å². The minimum atomic E-state index is -0.485. The second-order valence-corrected chi connectivity index (χ2v) is 9.72. The molecule has 2 heterocycles. The summed E-state index contributed by atoms with van der Waals surface area (Å²) in [4.78, 5) is 21.3. The Morgan fingerprint density at radius 3 is 2.70 bits per heavy atom. The molecule has 2 aromatic rings. The summed E-state index contributed by atoms with van der Waals surface area (Å²) in [6, 6.07) is 6.03. The Morgan fingerprint density at radius 2 is 2.04 bits per heavy atom. The molecule has 1 saturated heterocycles. The molecule has 7 heteroatoms. The molecule has 0 bridgehead atoms. The molecule has 1 spiro atoms. The summed E-state index contributed by atoms with van der Waals surface area (Å²) in [5.41, 5.74) is 1.28. The van der Waals surface area contributed by atoms with Gasteiger partial charge in [0.05, 0.1) is 21.8 Å². The van der Waals surface area contributed by atoms with Gasteiger partial charge in [-0.1, -0.05) is 27.5 Å². The topological polar surface area (TPSA) is 45.7 Å². The molecule has 144 valence electrons. The van der Waals surface area contributed by atoms with Crippen LogP contribution in [0.1, 0.15) is 33.6 Å². The minimum absolute atomic E-state index is 0.147. The zero-order valence-electron chi connectivity index (χ0n) is 15.8. The van der Waals surface area contributed by atoms with Crippen molar-refractivity contribution >= 4 is 50.2 Å². The Morgan fingerprint density at radius 1 is 1.30 bits per heavy atom. The van der Waals surface area contributed by atoms with Crippen molar-refractivity contribution in [1.29, 1.82) is 0 Å². The van der Waals surface area contributed by atoms with E-state index in [1.807, 2.05) is 37.8 Å². The molecule has 1 aliphatic heterocycles. The quantitative estimate of drug-likeness (QED) is 0.593. The van der Waals surface area contributed by atoms with Crippen molar-refractivity contribution in [3.8, 4) is 0 Å². The van der Waals surface area contributed by atoms with Crippen LogP contribution in [0.15, 0.2) is 28.9 Å². The third-order valence-electron chi connectivity index (χ3n) is 5.17. The van der Waals surface area contributed by atoms with E-state index in [1.165, 1.54) is 0 Å². The molecule has 1 amide bonds. The summed E-state index contributed by atoms with van der Waals surface area (Å²) in [5, 5.41) is 1.67. The van der Waals surface area contributed by atoms with Crippen LogP contribution in [-0.4, -0.2) is 46.8 Å². The third kappa shape index (κ3) is 3.61. The number of halogens is 2. The molecule has 1 aromatic carbocycles. The molecule has 0 radical (unpaired) electrons. The maximum Gasteiger partial charge on any atom is 0.410 e. The number of rotatable bonds is 1. The van der Waals surface area contributed by atoms with Crippen LogP contribution in [0.5, 0.6) is 0 Å². The van der Waals surface area contributed by atoms with Crippen molar-refractivity contribution in [2.75, 3.05) is 24.5 Å². The number of hydrogen-bond donors (Lipinski definition) is 0. The standard InChI is InChI=1S/C20H23BrClN3O2/c1-19(2,3)27-18(26)25-9-8-24(12-20(25)6-7-20)17-14-10-13(21)4-5-16(14)23-11-15(17)22/h4-5,10-11H,6-9,12H2,1-3H3. The zero-order chi connectivity index (χ0) is 19.4. The Balaban J connectivity index is 1.64. The van der Waals surface area contributed by atoms with Crippen LogP contribution >= 0.6 is 27.5 Å². The van der Waals surface area contributed by atoms with Gasteiger partial charge in [-0.3, -0.25) is 9.88 Å². The zero-order valence-corrected chi connectivity index (χ0v) is 18.1. The lowest BCUT2D eigenvalue weighted by Crippen LogP contribution is -2.58. The van der Waals surface area contributed by atoms with Crippen molar-refractivity contribution in [2.45, 2.75) is 44.8 Å². The highest BCUT2D eigenvalue weighted by Gasteiger charge is 2.54. The summed E-state index contributed by atoms with van der Waals surface area (Å²) in [6.07, 6.45) is 3.49. The van der Waals surface area contributed by atoms with Gasteiger partial charge in [0.25, 0.3) is 0 Å². The van der Waals surface area contributed by atoms with Gasteiger partial charge in [-0.2, -0.15) is 0 Å². The van der Waals surface area contributed by atoms with Crippen LogP contribution in [0.4, 0.5) is 10.5 Å². The fourth-order valence-corrected chi connectivity index (χ4v) is 4.42. The summed E-state index contributed by atoms with van der Waals surface area (Å²) < 4.78 is 6.62. The lowest BCUT2D eigenvalue weighted by Gasteiger charge is -2.43. The van der Waals surface area contributed by atoms with Gasteiger partial charge in [0.1, 0.15) is 5.60 Å². The molecule has 27 heavy (non-hydrogen) atoms. The van der Waals surface area contributed by atoms with Crippen molar-refractivity contribution < 1.29 is 9.53 Å². The predicted molar refractivity (Wildman–Crippen MR) is 112 cm³/mol. The van der Waals surface area contributed by atoms with E-state index in [0.29, 0.717) is 18.1 Å². The molecular weight excluding hydrogens is 430 g/mol. The first-order chi connectivity index (χ1) is 12.7. The maximum atomic E-state index is 12.7. The van der Waals surface area contributed by atoms with Crippen LogP contribution in [0.2, 0.25) is 5.02 Å². The third-order valence-corrected chi connectivity index (χ3v) is 5.94. The number of benzene rings is 1. The number of hydrogen-bond acceptors (Lipinski definition) is 4. The fraction of sp³-hybridized carbons (Fsp3) is 0.500. The summed E-state index contributed by atoms with van der Waals surface area (Å²) in [6.45, 7) is 7.82. The first kappa shape index (κ1) is 18.8. The number of fused-ring (bicyclic) bond motifs is 1. The van der Waals surface area contributed by atoms with E-state index in [4.69, 9.17) is 16.3 Å². The van der Waals surface area contributed by atoms with E-state index in [1.54, 1.807) is 6.20 Å². The van der Waals surface area contributed by atoms with Gasteiger partial charge in [-0.05, 0) is 51.8 Å². The first-order valence-corrected chi connectivity index (χ1v) is 10.3. The summed E-state index contributed by atoms with van der Waals surface area (Å²) >= 11 is 10.1. The van der Waals surface area contributed by atoms with Crippen molar-refractivity contribution in [2.24, 2.45) is 0 Å². The Hall–Kier alpha value is -1.53. The smallest absolute Gasteiger partial charge is 0.410 e. The van der Waals surface area contributed by atoms with E-state index in [0.717, 1.165) is 40.4 Å². The summed E-state index contributed by atoms with van der Waals surface area (Å²) in [7, 11) is 0. The summed E-state index contributed by atoms with van der Waals surface area (Å²) in [5.74, 6) is 0. The second-order valence-electron chi connectivity index (χ2n) is 8.39. The molecule has 1 aromatic heterocycles. The van der Waals surface area contributed by atoms with Crippen LogP contribution in [0, 0.1) is 0 Å². The number of carbonyl (C=O) groups is 1. The van der Waals surface area contributed by atoms with Crippen molar-refractivity contribution in [3.63, 3.8) is 0 Å². The predicted octanol–water partition coefficient (Wildman–Crippen LogP) is 5.24. The molecule has 0 unspecified atom stereocenters. The highest BCUT2D eigenvalue weighted by Crippen LogP contribution is 2.47. The molecular formula is C20H23BrClN3O2. The monoisotopic (exact) mass is 451 g/mol. The average Bonchev–Trinajstić information content (AvgIpc) is 3.32. The molecule has 2 fully saturated rings. The van der Waals surface area contributed by atoms with Crippen molar-refractivity contribution in [3.05, 3.63) is 33.9 Å². The van der Waals surface area contributed by atoms with Crippen LogP contribution in [0.25, 0.3) is 10.9 Å². The normalized spacial score (nSPS) is 18.9. The number of anilines is 1. The highest BCUT2D eigenvalue weighted by molar-refractivity contribution is 9.10. The SMILES string of the molecule is CC(C)(C)OC(=O)N1CCN(c2c(Cl)cnc3ccc(Br)cc23)CC12CC2. The molecule has 1 aliphatic carbocycles. The van der Waals surface area contributed by atoms with Gasteiger partial charge < -0.3 is 9.64 Å². The van der Waals surface area contributed by atoms with E-state index in [-0.39, 0.29) is 11.6 Å². The molecule has 0 atom stereocenters. The number of nitrogens with zero attached hydrogens (tertiary/aromatic N) is 3. The Bertz CT molecular complexity index is 903. The van der Waals surface area contributed by atoms with Crippen molar-refractivity contribution in [1.82, 2.24) is 9.88 Å². The largest absolute Gasteiger partial charge is 0.444 e. The lowest BCUT2D eigenvalue weighted by atomic mass is 10.1. The number of aromatic nitrogens is 1. The number of amides is 1. The van der Waals surface area contributed by atoms with E-state index >= 15 is 0 Å². The van der Waals surface area contributed by atoms with E-state index in [9.17, 15) is 4.79 Å². The Kier molecular flexibility index (Phi) is 4.54. The lowest BCUT2D eigenvalue weighted by molar-refractivity contribution is 0.0107. The highest BCUT2D eigenvalue weighted by atomic mass is 79.9. The number of pyridine rings is 1. The van der Waals surface area contributed by atoms with E-state index < -0.39 is 5.60 Å². The van der Waals surface area contributed by atoms with Crippen LogP contribution < -0.4 is 4.90 Å². The average molecular weight is 453 g/mol.